The zero-order valence-corrected chi connectivity index (χ0v) is 11.6. The minimum absolute atomic E-state index is 0.0107. The Hall–Kier alpha value is -2.10. The number of aliphatic hydroxyl groups is 2. The monoisotopic (exact) mass is 294 g/mol. The number of nitrogens with one attached hydrogen (secondary N) is 2. The number of aliphatic hydroxyl groups excluding tert-OH is 2. The van der Waals surface area contributed by atoms with Crippen molar-refractivity contribution in [1.82, 2.24) is 19.9 Å². The van der Waals surface area contributed by atoms with E-state index in [9.17, 15) is 15.0 Å². The van der Waals surface area contributed by atoms with E-state index in [1.165, 1.54) is 13.1 Å². The van der Waals surface area contributed by atoms with Crippen molar-refractivity contribution < 1.29 is 10.2 Å². The first-order chi connectivity index (χ1) is 10.0. The molecule has 0 aliphatic rings. The molecule has 0 fully saturated rings. The molecule has 0 bridgehead atoms. The second-order valence-corrected chi connectivity index (χ2v) is 4.64. The summed E-state index contributed by atoms with van der Waals surface area (Å²) in [5, 5.41) is 22.0. The highest BCUT2D eigenvalue weighted by molar-refractivity contribution is 5.69. The van der Waals surface area contributed by atoms with Gasteiger partial charge in [0.2, 0.25) is 5.95 Å². The van der Waals surface area contributed by atoms with Gasteiger partial charge in [0.15, 0.2) is 11.2 Å². The molecule has 114 valence electrons. The van der Waals surface area contributed by atoms with Crippen molar-refractivity contribution in [3.8, 4) is 0 Å². The molecule has 21 heavy (non-hydrogen) atoms. The second-order valence-electron chi connectivity index (χ2n) is 4.64. The zero-order valence-electron chi connectivity index (χ0n) is 11.6. The predicted octanol–water partition coefficient (Wildman–Crippen LogP) is -1.11. The van der Waals surface area contributed by atoms with E-state index in [0.29, 0.717) is 19.0 Å². The molecule has 0 amide bonds. The van der Waals surface area contributed by atoms with Gasteiger partial charge in [0.05, 0.1) is 18.0 Å². The number of hydrogen-bond acceptors (Lipinski definition) is 8. The number of aromatic nitrogens is 4. The van der Waals surface area contributed by atoms with Crippen LogP contribution in [0.25, 0.3) is 11.2 Å². The summed E-state index contributed by atoms with van der Waals surface area (Å²) < 4.78 is 0. The fourth-order valence-corrected chi connectivity index (χ4v) is 1.71. The molecule has 0 radical (unpaired) electrons. The van der Waals surface area contributed by atoms with Crippen LogP contribution in [0, 0.1) is 0 Å². The summed E-state index contributed by atoms with van der Waals surface area (Å²) in [5.41, 5.74) is 5.21. The molecule has 0 spiro atoms. The maximum Gasteiger partial charge on any atom is 0.280 e. The molecular formula is C12H18N6O3. The largest absolute Gasteiger partial charge is 0.390 e. The average Bonchev–Trinajstić information content (AvgIpc) is 2.46. The van der Waals surface area contributed by atoms with Crippen LogP contribution in [-0.4, -0.2) is 49.3 Å². The Kier molecular flexibility index (Phi) is 4.78. The van der Waals surface area contributed by atoms with Crippen LogP contribution in [0.5, 0.6) is 0 Å². The van der Waals surface area contributed by atoms with Gasteiger partial charge in [-0.15, -0.1) is 0 Å². The Morgan fingerprint density at radius 1 is 1.43 bits per heavy atom. The molecule has 2 heterocycles. The number of anilines is 1. The van der Waals surface area contributed by atoms with Gasteiger partial charge in [-0.2, -0.15) is 4.98 Å². The first kappa shape index (κ1) is 15.3. The molecule has 6 N–H and O–H groups in total. The Labute approximate surface area is 120 Å². The first-order valence-corrected chi connectivity index (χ1v) is 6.60. The third-order valence-electron chi connectivity index (χ3n) is 2.87. The number of nitrogens with two attached hydrogens (primary N) is 1. The lowest BCUT2D eigenvalue weighted by Gasteiger charge is -2.12. The third kappa shape index (κ3) is 3.51. The van der Waals surface area contributed by atoms with Gasteiger partial charge >= 0.3 is 0 Å². The smallest absolute Gasteiger partial charge is 0.280 e. The van der Waals surface area contributed by atoms with Crippen molar-refractivity contribution in [1.29, 1.82) is 0 Å². The maximum atomic E-state index is 12.0. The van der Waals surface area contributed by atoms with Crippen LogP contribution in [0.3, 0.4) is 0 Å². The van der Waals surface area contributed by atoms with Gasteiger partial charge in [-0.05, 0) is 19.9 Å². The molecule has 0 saturated carbocycles. The van der Waals surface area contributed by atoms with Crippen LogP contribution >= 0.6 is 0 Å². The Morgan fingerprint density at radius 2 is 2.19 bits per heavy atom. The van der Waals surface area contributed by atoms with E-state index in [1.807, 2.05) is 0 Å². The lowest BCUT2D eigenvalue weighted by atomic mass is 10.2. The molecule has 0 aliphatic carbocycles. The van der Waals surface area contributed by atoms with Crippen molar-refractivity contribution in [2.24, 2.45) is 5.73 Å². The second kappa shape index (κ2) is 6.57. The van der Waals surface area contributed by atoms with Gasteiger partial charge in [0.25, 0.3) is 5.56 Å². The molecule has 0 aromatic carbocycles. The Balaban J connectivity index is 2.34. The summed E-state index contributed by atoms with van der Waals surface area (Å²) in [5.74, 6) is 0.291. The van der Waals surface area contributed by atoms with E-state index in [0.717, 1.165) is 6.42 Å². The third-order valence-corrected chi connectivity index (χ3v) is 2.87. The van der Waals surface area contributed by atoms with Gasteiger partial charge in [0.1, 0.15) is 6.10 Å². The van der Waals surface area contributed by atoms with Gasteiger partial charge in [-0.1, -0.05) is 0 Å². The number of nitrogens with zero attached hydrogens (tertiary/aromatic N) is 3. The molecule has 9 heteroatoms. The normalized spacial score (nSPS) is 14.1. The minimum atomic E-state index is -1.20. The zero-order chi connectivity index (χ0) is 15.4. The van der Waals surface area contributed by atoms with E-state index in [1.54, 1.807) is 0 Å². The Bertz CT molecular complexity index is 672. The molecule has 0 unspecified atom stereocenters. The molecule has 9 nitrogen and oxygen atoms in total. The highest BCUT2D eigenvalue weighted by Gasteiger charge is 2.17. The summed E-state index contributed by atoms with van der Waals surface area (Å²) in [4.78, 5) is 26.6. The van der Waals surface area contributed by atoms with Gasteiger partial charge in [-0.3, -0.25) is 9.78 Å². The van der Waals surface area contributed by atoms with Crippen LogP contribution in [0.1, 0.15) is 25.1 Å². The summed E-state index contributed by atoms with van der Waals surface area (Å²) in [6.45, 7) is 2.53. The van der Waals surface area contributed by atoms with E-state index in [2.05, 4.69) is 25.3 Å². The minimum Gasteiger partial charge on any atom is -0.390 e. The number of H-pyrrole nitrogens is 1. The lowest BCUT2D eigenvalue weighted by Crippen LogP contribution is -2.20. The van der Waals surface area contributed by atoms with Crippen LogP contribution < -0.4 is 16.6 Å². The fourth-order valence-electron chi connectivity index (χ4n) is 1.71. The summed E-state index contributed by atoms with van der Waals surface area (Å²) in [6.07, 6.45) is -0.187. The average molecular weight is 294 g/mol. The molecule has 0 aliphatic heterocycles. The maximum absolute atomic E-state index is 12.0. The highest BCUT2D eigenvalue weighted by Crippen LogP contribution is 2.15. The quantitative estimate of drug-likeness (QED) is 0.421. The van der Waals surface area contributed by atoms with E-state index in [-0.39, 0.29) is 16.9 Å². The first-order valence-electron chi connectivity index (χ1n) is 6.60. The van der Waals surface area contributed by atoms with Crippen LogP contribution in [0.4, 0.5) is 5.95 Å². The SMILES string of the molecule is C[C@H](O)[C@H](O)c1cnc2nc(NCCCN)[nH]c(=O)c2n1. The molecule has 2 aromatic rings. The van der Waals surface area contributed by atoms with Crippen molar-refractivity contribution >= 4 is 17.1 Å². The van der Waals surface area contributed by atoms with Crippen molar-refractivity contribution in [3.05, 3.63) is 22.2 Å². The summed E-state index contributed by atoms with van der Waals surface area (Å²) >= 11 is 0. The fraction of sp³-hybridized carbons (Fsp3) is 0.500. The highest BCUT2D eigenvalue weighted by atomic mass is 16.3. The standard InChI is InChI=1S/C12H18N6O3/c1-6(19)9(20)7-5-15-10-8(16-7)11(21)18-12(17-10)14-4-2-3-13/h5-6,9,19-20H,2-4,13H2,1H3,(H2,14,15,17,18,21)/t6-,9-/m0/s1. The van der Waals surface area contributed by atoms with Crippen molar-refractivity contribution in [2.75, 3.05) is 18.4 Å². The van der Waals surface area contributed by atoms with Crippen LogP contribution in [-0.2, 0) is 0 Å². The summed E-state index contributed by atoms with van der Waals surface area (Å²) in [6, 6.07) is 0. The number of hydrogen-bond donors (Lipinski definition) is 5. The number of fused-ring (bicyclic) bond motifs is 1. The lowest BCUT2D eigenvalue weighted by molar-refractivity contribution is 0.0278. The van der Waals surface area contributed by atoms with Crippen LogP contribution in [0.15, 0.2) is 11.0 Å². The molecule has 2 rings (SSSR count). The van der Waals surface area contributed by atoms with E-state index < -0.39 is 17.8 Å². The molecule has 2 aromatic heterocycles. The predicted molar refractivity (Wildman–Crippen MR) is 76.8 cm³/mol. The van der Waals surface area contributed by atoms with Gasteiger partial charge in [0, 0.05) is 6.54 Å². The van der Waals surface area contributed by atoms with E-state index >= 15 is 0 Å². The van der Waals surface area contributed by atoms with Crippen LogP contribution in [0.2, 0.25) is 0 Å². The molecule has 2 atom stereocenters. The van der Waals surface area contributed by atoms with Gasteiger partial charge in [-0.25, -0.2) is 9.97 Å². The van der Waals surface area contributed by atoms with Crippen molar-refractivity contribution in [2.45, 2.75) is 25.6 Å². The van der Waals surface area contributed by atoms with Crippen molar-refractivity contribution in [3.63, 3.8) is 0 Å². The number of rotatable bonds is 6. The number of aromatic amines is 1. The van der Waals surface area contributed by atoms with E-state index in [4.69, 9.17) is 5.73 Å². The molecule has 0 saturated heterocycles. The van der Waals surface area contributed by atoms with Gasteiger partial charge < -0.3 is 21.3 Å². The Morgan fingerprint density at radius 3 is 2.86 bits per heavy atom. The summed E-state index contributed by atoms with van der Waals surface area (Å²) in [7, 11) is 0. The topological polar surface area (TPSA) is 150 Å². The molecular weight excluding hydrogens is 276 g/mol.